The monoisotopic (exact) mass is 320 g/mol. The van der Waals surface area contributed by atoms with E-state index in [4.69, 9.17) is 23.2 Å². The smallest absolute Gasteiger partial charge is 0.179 e. The van der Waals surface area contributed by atoms with E-state index < -0.39 is 16.0 Å². The first-order valence-corrected chi connectivity index (χ1v) is 8.17. The predicted octanol–water partition coefficient (Wildman–Crippen LogP) is 4.36. The van der Waals surface area contributed by atoms with Crippen LogP contribution < -0.4 is 0 Å². The Morgan fingerprint density at radius 1 is 1.16 bits per heavy atom. The topological polar surface area (TPSA) is 34.1 Å². The first-order valence-electron chi connectivity index (χ1n) is 6.14. The second-order valence-corrected chi connectivity index (χ2v) is 7.86. The Kier molecular flexibility index (Phi) is 6.03. The lowest BCUT2D eigenvalue weighted by Crippen LogP contribution is -2.31. The fourth-order valence-corrected chi connectivity index (χ4v) is 3.62. The van der Waals surface area contributed by atoms with Gasteiger partial charge in [0, 0.05) is 26.6 Å². The first kappa shape index (κ1) is 16.7. The molecule has 0 aliphatic rings. The molecule has 0 N–H and O–H groups in total. The van der Waals surface area contributed by atoms with Crippen molar-refractivity contribution in [2.45, 2.75) is 38.2 Å². The predicted molar refractivity (Wildman–Crippen MR) is 82.7 cm³/mol. The highest BCUT2D eigenvalue weighted by atomic mass is 35.5. The third-order valence-electron chi connectivity index (χ3n) is 3.22. The zero-order chi connectivity index (χ0) is 14.7. The van der Waals surface area contributed by atoms with Gasteiger partial charge in [0.2, 0.25) is 0 Å². The fraction of sp³-hybridized carbons (Fsp3) is 0.500. The second kappa shape index (κ2) is 6.87. The lowest BCUT2D eigenvalue weighted by atomic mass is 10.1. The maximum atomic E-state index is 12.3. The van der Waals surface area contributed by atoms with Gasteiger partial charge in [-0.1, -0.05) is 44.0 Å². The molecule has 0 saturated heterocycles. The van der Waals surface area contributed by atoms with Crippen molar-refractivity contribution < 1.29 is 9.00 Å². The minimum atomic E-state index is -1.23. The molecule has 0 fully saturated rings. The van der Waals surface area contributed by atoms with E-state index in [-0.39, 0.29) is 17.0 Å². The molecule has 1 aromatic carbocycles. The van der Waals surface area contributed by atoms with Crippen LogP contribution in [-0.4, -0.2) is 20.5 Å². The molecular weight excluding hydrogens is 303 g/mol. The summed E-state index contributed by atoms with van der Waals surface area (Å²) in [6.07, 6.45) is 0. The number of Topliss-reactive ketones (excluding diaryl/α,β-unsaturated/α-hetero) is 1. The zero-order valence-corrected chi connectivity index (χ0v) is 13.8. The molecule has 0 aliphatic carbocycles. The third kappa shape index (κ3) is 4.04. The number of hydrogen-bond donors (Lipinski definition) is 0. The van der Waals surface area contributed by atoms with E-state index in [1.807, 2.05) is 20.8 Å². The standard InChI is InChI=1S/C14H18Cl2O2S/c1-8(2)9(3)19(18)10(4)14(17)12-6-5-11(15)7-13(12)16/h5-10H,1-4H3. The van der Waals surface area contributed by atoms with E-state index in [0.29, 0.717) is 15.6 Å². The number of carbonyl (C=O) groups is 1. The van der Waals surface area contributed by atoms with Crippen molar-refractivity contribution in [1.82, 2.24) is 0 Å². The number of benzene rings is 1. The maximum absolute atomic E-state index is 12.3. The summed E-state index contributed by atoms with van der Waals surface area (Å²) in [5, 5.41) is 0.172. The molecular formula is C14H18Cl2O2S. The minimum Gasteiger partial charge on any atom is -0.293 e. The number of rotatable bonds is 5. The van der Waals surface area contributed by atoms with Gasteiger partial charge in [0.1, 0.15) is 0 Å². The molecule has 0 heterocycles. The summed E-state index contributed by atoms with van der Waals surface area (Å²) in [4.78, 5) is 12.3. The van der Waals surface area contributed by atoms with E-state index in [1.54, 1.807) is 19.1 Å². The molecule has 1 aromatic rings. The van der Waals surface area contributed by atoms with Crippen LogP contribution in [0.25, 0.3) is 0 Å². The molecule has 0 aliphatic heterocycles. The molecule has 19 heavy (non-hydrogen) atoms. The van der Waals surface area contributed by atoms with Crippen molar-refractivity contribution >= 4 is 39.8 Å². The Hall–Kier alpha value is -0.380. The van der Waals surface area contributed by atoms with Crippen molar-refractivity contribution in [3.63, 3.8) is 0 Å². The number of halogens is 2. The van der Waals surface area contributed by atoms with Crippen LogP contribution in [0.1, 0.15) is 38.1 Å². The summed E-state index contributed by atoms with van der Waals surface area (Å²) in [6, 6.07) is 4.72. The summed E-state index contributed by atoms with van der Waals surface area (Å²) < 4.78 is 12.3. The van der Waals surface area contributed by atoms with E-state index in [9.17, 15) is 9.00 Å². The molecule has 0 aromatic heterocycles. The van der Waals surface area contributed by atoms with Crippen LogP contribution in [0.5, 0.6) is 0 Å². The molecule has 0 saturated carbocycles. The lowest BCUT2D eigenvalue weighted by Gasteiger charge is -2.19. The van der Waals surface area contributed by atoms with E-state index in [1.165, 1.54) is 6.07 Å². The van der Waals surface area contributed by atoms with Gasteiger partial charge in [0.15, 0.2) is 5.78 Å². The molecule has 0 radical (unpaired) electrons. The minimum absolute atomic E-state index is 0.0370. The molecule has 5 heteroatoms. The van der Waals surface area contributed by atoms with Crippen molar-refractivity contribution in [3.8, 4) is 0 Å². The van der Waals surface area contributed by atoms with Crippen molar-refractivity contribution in [3.05, 3.63) is 33.8 Å². The Morgan fingerprint density at radius 2 is 1.74 bits per heavy atom. The molecule has 2 nitrogen and oxygen atoms in total. The molecule has 1 rings (SSSR count). The summed E-state index contributed by atoms with van der Waals surface area (Å²) in [5.74, 6) is 0.0595. The quantitative estimate of drug-likeness (QED) is 0.755. The second-order valence-electron chi connectivity index (χ2n) is 4.91. The van der Waals surface area contributed by atoms with E-state index in [2.05, 4.69) is 0 Å². The van der Waals surface area contributed by atoms with Crippen molar-refractivity contribution in [1.29, 1.82) is 0 Å². The third-order valence-corrected chi connectivity index (χ3v) is 5.96. The van der Waals surface area contributed by atoms with E-state index >= 15 is 0 Å². The van der Waals surface area contributed by atoms with E-state index in [0.717, 1.165) is 0 Å². The highest BCUT2D eigenvalue weighted by Gasteiger charge is 2.28. The SMILES string of the molecule is CC(C)C(C)S(=O)C(C)C(=O)c1ccc(Cl)cc1Cl. The summed E-state index contributed by atoms with van der Waals surface area (Å²) in [6.45, 7) is 7.57. The normalized spacial score (nSPS) is 16.2. The van der Waals surface area contributed by atoms with Crippen LogP contribution in [-0.2, 0) is 10.8 Å². The zero-order valence-electron chi connectivity index (χ0n) is 11.4. The Bertz CT molecular complexity index is 500. The maximum Gasteiger partial charge on any atom is 0.179 e. The summed E-state index contributed by atoms with van der Waals surface area (Å²) >= 11 is 11.8. The molecule has 0 amide bonds. The summed E-state index contributed by atoms with van der Waals surface area (Å²) in [7, 11) is -1.23. The number of ketones is 1. The Labute approximate surface area is 126 Å². The van der Waals surface area contributed by atoms with Crippen LogP contribution in [0.3, 0.4) is 0 Å². The van der Waals surface area contributed by atoms with Gasteiger partial charge in [-0.2, -0.15) is 0 Å². The largest absolute Gasteiger partial charge is 0.293 e. The summed E-state index contributed by atoms with van der Waals surface area (Å²) in [5.41, 5.74) is 0.378. The lowest BCUT2D eigenvalue weighted by molar-refractivity contribution is 0.0992. The van der Waals surface area contributed by atoms with Gasteiger partial charge in [-0.15, -0.1) is 0 Å². The first-order chi connectivity index (χ1) is 8.75. The van der Waals surface area contributed by atoms with Crippen molar-refractivity contribution in [2.75, 3.05) is 0 Å². The molecule has 0 spiro atoms. The molecule has 106 valence electrons. The van der Waals surface area contributed by atoms with Crippen LogP contribution in [0.2, 0.25) is 10.0 Å². The van der Waals surface area contributed by atoms with Gasteiger partial charge >= 0.3 is 0 Å². The highest BCUT2D eigenvalue weighted by Crippen LogP contribution is 2.24. The van der Waals surface area contributed by atoms with Gasteiger partial charge in [-0.3, -0.25) is 9.00 Å². The van der Waals surface area contributed by atoms with Gasteiger partial charge in [0.25, 0.3) is 0 Å². The van der Waals surface area contributed by atoms with Gasteiger partial charge < -0.3 is 0 Å². The van der Waals surface area contributed by atoms with Crippen LogP contribution in [0.15, 0.2) is 18.2 Å². The molecule has 0 bridgehead atoms. The van der Waals surface area contributed by atoms with Gasteiger partial charge in [-0.25, -0.2) is 0 Å². The Morgan fingerprint density at radius 3 is 2.21 bits per heavy atom. The van der Waals surface area contributed by atoms with Crippen LogP contribution in [0, 0.1) is 5.92 Å². The number of carbonyl (C=O) groups excluding carboxylic acids is 1. The average molecular weight is 321 g/mol. The van der Waals surface area contributed by atoms with Crippen LogP contribution >= 0.6 is 23.2 Å². The molecule has 3 atom stereocenters. The van der Waals surface area contributed by atoms with Gasteiger partial charge in [0.05, 0.1) is 10.3 Å². The highest BCUT2D eigenvalue weighted by molar-refractivity contribution is 7.87. The number of hydrogen-bond acceptors (Lipinski definition) is 2. The Balaban J connectivity index is 2.97. The van der Waals surface area contributed by atoms with Crippen LogP contribution in [0.4, 0.5) is 0 Å². The van der Waals surface area contributed by atoms with Gasteiger partial charge in [-0.05, 0) is 31.0 Å². The molecule has 3 unspecified atom stereocenters. The van der Waals surface area contributed by atoms with Crippen molar-refractivity contribution in [2.24, 2.45) is 5.92 Å². The average Bonchev–Trinajstić information content (AvgIpc) is 2.35. The fourth-order valence-electron chi connectivity index (χ4n) is 1.60.